The highest BCUT2D eigenvalue weighted by Crippen LogP contribution is 2.31. The van der Waals surface area contributed by atoms with Crippen LogP contribution in [0.4, 0.5) is 5.95 Å². The zero-order valence-corrected chi connectivity index (χ0v) is 14.3. The number of aliphatic hydroxyl groups is 2. The van der Waals surface area contributed by atoms with Crippen LogP contribution in [0.25, 0.3) is 11.2 Å². The van der Waals surface area contributed by atoms with Gasteiger partial charge in [0.15, 0.2) is 17.4 Å². The highest BCUT2D eigenvalue weighted by Gasteiger charge is 2.44. The van der Waals surface area contributed by atoms with Crippen molar-refractivity contribution in [2.45, 2.75) is 31.0 Å². The van der Waals surface area contributed by atoms with Gasteiger partial charge in [0.25, 0.3) is 5.56 Å². The number of nitrogens with two attached hydrogens (primary N) is 1. The molecule has 1 aliphatic heterocycles. The molecule has 0 unspecified atom stereocenters. The van der Waals surface area contributed by atoms with Crippen LogP contribution < -0.4 is 16.6 Å². The summed E-state index contributed by atoms with van der Waals surface area (Å²) in [6, 6.07) is 9.18. The zero-order valence-electron chi connectivity index (χ0n) is 14.3. The van der Waals surface area contributed by atoms with E-state index in [0.717, 1.165) is 5.56 Å². The van der Waals surface area contributed by atoms with E-state index >= 15 is 0 Å². The van der Waals surface area contributed by atoms with Crippen LogP contribution in [0.2, 0.25) is 0 Å². The maximum Gasteiger partial charge on any atom is 0.280 e. The summed E-state index contributed by atoms with van der Waals surface area (Å²) in [7, 11) is 0. The van der Waals surface area contributed by atoms with Gasteiger partial charge < -0.3 is 26.0 Å². The number of anilines is 1. The number of H-pyrrole nitrogens is 1. The van der Waals surface area contributed by atoms with E-state index in [0.29, 0.717) is 6.54 Å². The predicted octanol–water partition coefficient (Wildman–Crippen LogP) is -0.889. The molecule has 6 N–H and O–H groups in total. The molecule has 1 aliphatic rings. The predicted molar refractivity (Wildman–Crippen MR) is 96.6 cm³/mol. The number of imidazole rings is 1. The van der Waals surface area contributed by atoms with Crippen LogP contribution in [0.15, 0.2) is 41.5 Å². The van der Waals surface area contributed by atoms with Crippen molar-refractivity contribution in [2.75, 3.05) is 12.3 Å². The SMILES string of the molecule is Nc1nc2c(ncn2[C@@H]2O[C@H](CO)[C@@H](NCc3ccccc3)[C@H]2O)c(=O)[nH]1. The first-order valence-corrected chi connectivity index (χ1v) is 8.52. The second kappa shape index (κ2) is 7.08. The van der Waals surface area contributed by atoms with Crippen molar-refractivity contribution in [3.63, 3.8) is 0 Å². The molecule has 1 fully saturated rings. The van der Waals surface area contributed by atoms with E-state index in [2.05, 4.69) is 20.3 Å². The number of hydrogen-bond acceptors (Lipinski definition) is 8. The molecular formula is C17H20N6O4. The fraction of sp³-hybridized carbons (Fsp3) is 0.353. The normalized spacial score (nSPS) is 25.3. The number of benzene rings is 1. The van der Waals surface area contributed by atoms with Crippen molar-refractivity contribution in [3.05, 3.63) is 52.6 Å². The minimum Gasteiger partial charge on any atom is -0.394 e. The summed E-state index contributed by atoms with van der Waals surface area (Å²) in [6.07, 6.45) is -1.13. The largest absolute Gasteiger partial charge is 0.394 e. The quantitative estimate of drug-likeness (QED) is 0.387. The molecule has 1 aromatic carbocycles. The topological polar surface area (TPSA) is 151 Å². The summed E-state index contributed by atoms with van der Waals surface area (Å²) in [4.78, 5) is 22.5. The van der Waals surface area contributed by atoms with Gasteiger partial charge >= 0.3 is 0 Å². The van der Waals surface area contributed by atoms with Crippen molar-refractivity contribution >= 4 is 17.1 Å². The van der Waals surface area contributed by atoms with Crippen LogP contribution in [0.3, 0.4) is 0 Å². The van der Waals surface area contributed by atoms with Crippen LogP contribution in [0, 0.1) is 0 Å². The Labute approximate surface area is 153 Å². The van der Waals surface area contributed by atoms with Gasteiger partial charge in [-0.3, -0.25) is 14.3 Å². The average molecular weight is 372 g/mol. The third kappa shape index (κ3) is 3.19. The number of ether oxygens (including phenoxy) is 1. The highest BCUT2D eigenvalue weighted by atomic mass is 16.5. The van der Waals surface area contributed by atoms with Gasteiger partial charge in [0.05, 0.1) is 19.0 Å². The van der Waals surface area contributed by atoms with Gasteiger partial charge in [-0.25, -0.2) is 4.98 Å². The molecule has 142 valence electrons. The number of fused-ring (bicyclic) bond motifs is 1. The van der Waals surface area contributed by atoms with Gasteiger partial charge in [-0.1, -0.05) is 30.3 Å². The number of nitrogens with zero attached hydrogens (tertiary/aromatic N) is 3. The van der Waals surface area contributed by atoms with E-state index in [-0.39, 0.29) is 23.7 Å². The van der Waals surface area contributed by atoms with E-state index in [1.165, 1.54) is 10.9 Å². The molecule has 0 bridgehead atoms. The van der Waals surface area contributed by atoms with Crippen LogP contribution in [0.1, 0.15) is 11.8 Å². The number of rotatable bonds is 5. The molecule has 0 saturated carbocycles. The monoisotopic (exact) mass is 372 g/mol. The molecule has 0 radical (unpaired) electrons. The fourth-order valence-corrected chi connectivity index (χ4v) is 3.34. The van der Waals surface area contributed by atoms with E-state index < -0.39 is 30.0 Å². The smallest absolute Gasteiger partial charge is 0.280 e. The van der Waals surface area contributed by atoms with Crippen molar-refractivity contribution in [1.82, 2.24) is 24.8 Å². The van der Waals surface area contributed by atoms with Gasteiger partial charge in [-0.15, -0.1) is 0 Å². The molecule has 10 nitrogen and oxygen atoms in total. The summed E-state index contributed by atoms with van der Waals surface area (Å²) in [5.74, 6) is -0.0563. The van der Waals surface area contributed by atoms with Crippen LogP contribution in [-0.4, -0.2) is 54.6 Å². The minimum absolute atomic E-state index is 0.0563. The van der Waals surface area contributed by atoms with Crippen molar-refractivity contribution in [1.29, 1.82) is 0 Å². The Morgan fingerprint density at radius 3 is 2.85 bits per heavy atom. The maximum absolute atomic E-state index is 11.9. The lowest BCUT2D eigenvalue weighted by Gasteiger charge is -2.21. The Kier molecular flexibility index (Phi) is 4.62. The third-order valence-electron chi connectivity index (χ3n) is 4.66. The van der Waals surface area contributed by atoms with Gasteiger partial charge in [0.2, 0.25) is 5.95 Å². The molecule has 10 heteroatoms. The summed E-state index contributed by atoms with van der Waals surface area (Å²) in [6.45, 7) is 0.230. The Bertz CT molecular complexity index is 988. The number of nitrogen functional groups attached to an aromatic ring is 1. The maximum atomic E-state index is 11.9. The Balaban J connectivity index is 1.60. The third-order valence-corrected chi connectivity index (χ3v) is 4.66. The van der Waals surface area contributed by atoms with Gasteiger partial charge in [-0.05, 0) is 5.56 Å². The molecule has 2 aromatic heterocycles. The van der Waals surface area contributed by atoms with Crippen molar-refractivity contribution in [2.24, 2.45) is 0 Å². The van der Waals surface area contributed by atoms with Crippen LogP contribution in [0.5, 0.6) is 0 Å². The number of aromatic amines is 1. The molecule has 1 saturated heterocycles. The fourth-order valence-electron chi connectivity index (χ4n) is 3.34. The van der Waals surface area contributed by atoms with Crippen molar-refractivity contribution in [3.8, 4) is 0 Å². The number of aromatic nitrogens is 4. The second-order valence-electron chi connectivity index (χ2n) is 6.41. The molecule has 3 aromatic rings. The van der Waals surface area contributed by atoms with Crippen molar-refractivity contribution < 1.29 is 14.9 Å². The summed E-state index contributed by atoms with van der Waals surface area (Å²) in [5, 5.41) is 23.7. The standard InChI is InChI=1S/C17H20N6O4/c18-17-21-14-12(15(26)22-17)20-8-23(14)16-13(25)11(10(7-24)27-16)19-6-9-4-2-1-3-5-9/h1-5,8,10-11,13,16,19,24-25H,6-7H2,(H3,18,21,22,26)/t10-,11-,13-,16-/m1/s1. The molecule has 4 atom stereocenters. The number of nitrogens with one attached hydrogen (secondary N) is 2. The lowest BCUT2D eigenvalue weighted by molar-refractivity contribution is -0.0489. The second-order valence-corrected chi connectivity index (χ2v) is 6.41. The Morgan fingerprint density at radius 1 is 1.33 bits per heavy atom. The molecule has 3 heterocycles. The first-order chi connectivity index (χ1) is 13.1. The van der Waals surface area contributed by atoms with E-state index in [4.69, 9.17) is 10.5 Å². The van der Waals surface area contributed by atoms with Crippen LogP contribution >= 0.6 is 0 Å². The lowest BCUT2D eigenvalue weighted by Crippen LogP contribution is -2.45. The first-order valence-electron chi connectivity index (χ1n) is 8.52. The van der Waals surface area contributed by atoms with Crippen LogP contribution in [-0.2, 0) is 11.3 Å². The molecule has 0 amide bonds. The summed E-state index contributed by atoms with van der Waals surface area (Å²) in [5.41, 5.74) is 6.49. The Morgan fingerprint density at radius 2 is 2.11 bits per heavy atom. The van der Waals surface area contributed by atoms with E-state index in [1.54, 1.807) is 0 Å². The number of aliphatic hydroxyl groups excluding tert-OH is 2. The molecule has 4 rings (SSSR count). The van der Waals surface area contributed by atoms with E-state index in [1.807, 2.05) is 30.3 Å². The molecule has 0 spiro atoms. The molecular weight excluding hydrogens is 352 g/mol. The van der Waals surface area contributed by atoms with Gasteiger partial charge in [-0.2, -0.15) is 4.98 Å². The number of hydrogen-bond donors (Lipinski definition) is 5. The summed E-state index contributed by atoms with van der Waals surface area (Å²) < 4.78 is 7.28. The van der Waals surface area contributed by atoms with Gasteiger partial charge in [0.1, 0.15) is 12.2 Å². The average Bonchev–Trinajstić information content (AvgIpc) is 3.21. The van der Waals surface area contributed by atoms with Gasteiger partial charge in [0, 0.05) is 6.54 Å². The zero-order chi connectivity index (χ0) is 19.0. The Hall–Kier alpha value is -2.79. The minimum atomic E-state index is -0.995. The van der Waals surface area contributed by atoms with E-state index in [9.17, 15) is 15.0 Å². The first kappa shape index (κ1) is 17.6. The lowest BCUT2D eigenvalue weighted by atomic mass is 10.1. The highest BCUT2D eigenvalue weighted by molar-refractivity contribution is 5.70. The summed E-state index contributed by atoms with van der Waals surface area (Å²) >= 11 is 0. The molecule has 0 aliphatic carbocycles. The molecule has 27 heavy (non-hydrogen) atoms.